The number of carboxylic acids is 1. The van der Waals surface area contributed by atoms with E-state index < -0.39 is 18.7 Å². The highest BCUT2D eigenvalue weighted by Gasteiger charge is 2.32. The molecule has 4 aromatic rings. The van der Waals surface area contributed by atoms with Gasteiger partial charge in [-0.1, -0.05) is 24.3 Å². The van der Waals surface area contributed by atoms with Crippen molar-refractivity contribution in [2.45, 2.75) is 63.6 Å². The van der Waals surface area contributed by atoms with E-state index in [9.17, 15) is 35.9 Å². The molecular weight excluding hydrogens is 742 g/mol. The Labute approximate surface area is 312 Å². The fourth-order valence-corrected chi connectivity index (χ4v) is 5.61. The number of aryl methyl sites for hydroxylation is 2. The highest BCUT2D eigenvalue weighted by molar-refractivity contribution is 5.92. The Kier molecular flexibility index (Phi) is 15.5. The van der Waals surface area contributed by atoms with E-state index in [2.05, 4.69) is 24.8 Å². The summed E-state index contributed by atoms with van der Waals surface area (Å²) in [5, 5.41) is 11.6. The van der Waals surface area contributed by atoms with Crippen LogP contribution in [0.5, 0.6) is 11.5 Å². The molecule has 0 aliphatic carbocycles. The molecule has 2 aliphatic rings. The molecule has 55 heavy (non-hydrogen) atoms. The van der Waals surface area contributed by atoms with Crippen molar-refractivity contribution >= 4 is 11.9 Å². The predicted molar refractivity (Wildman–Crippen MR) is 184 cm³/mol. The monoisotopic (exact) mass is 784 g/mol. The molecule has 2 aromatic heterocycles. The Bertz CT molecular complexity index is 1800. The number of halogens is 6. The number of hydrogen-bond acceptors (Lipinski definition) is 9. The van der Waals surface area contributed by atoms with E-state index >= 15 is 0 Å². The number of imidazole rings is 2. The van der Waals surface area contributed by atoms with Gasteiger partial charge in [-0.25, -0.2) is 14.8 Å². The average molecular weight is 785 g/mol. The minimum absolute atomic E-state index is 0.0690. The third-order valence-electron chi connectivity index (χ3n) is 8.17. The van der Waals surface area contributed by atoms with Crippen LogP contribution in [0.25, 0.3) is 0 Å². The quantitative estimate of drug-likeness (QED) is 0.181. The zero-order chi connectivity index (χ0) is 40.0. The zero-order valence-corrected chi connectivity index (χ0v) is 30.1. The van der Waals surface area contributed by atoms with Gasteiger partial charge in [0.05, 0.1) is 12.7 Å². The summed E-state index contributed by atoms with van der Waals surface area (Å²) in [6.07, 6.45) is -0.168. The summed E-state index contributed by atoms with van der Waals surface area (Å²) in [6.45, 7) is 3.22. The van der Waals surface area contributed by atoms with E-state index in [1.165, 1.54) is 49.2 Å². The van der Waals surface area contributed by atoms with Crippen molar-refractivity contribution in [3.8, 4) is 11.5 Å². The third kappa shape index (κ3) is 15.3. The number of nitrogens with zero attached hydrogens (tertiary/aromatic N) is 5. The fourth-order valence-electron chi connectivity index (χ4n) is 5.61. The van der Waals surface area contributed by atoms with Crippen molar-refractivity contribution < 1.29 is 60.0 Å². The number of carboxylic acid groups (broad SMARTS) is 1. The standard InChI is InChI=1S/C18H20F3N3O3.C13H16F3NO2.C5H6N2O2/c1-23-11-16(22-12-23)17(25)24(14-5-7-26-8-6-14)10-13-3-2-4-15(9-13)27-18(19,20)21;14-13(15,16)19-12-3-1-2-10(8-12)9-17-11-4-6-18-7-5-11;1-7-2-4(5(8)9)6-3-7/h2-4,9,11-12,14H,5-8,10H2,1H3;1-3,8,11,17H,4-7,9H2;2-3H,1H3,(H,8,9). The van der Waals surface area contributed by atoms with Crippen molar-refractivity contribution in [1.82, 2.24) is 29.3 Å². The minimum Gasteiger partial charge on any atom is -0.476 e. The number of nitrogens with one attached hydrogen (secondary N) is 1. The van der Waals surface area contributed by atoms with E-state index in [4.69, 9.17) is 14.6 Å². The molecule has 2 N–H and O–H groups in total. The van der Waals surface area contributed by atoms with Crippen LogP contribution in [0.15, 0.2) is 73.6 Å². The molecule has 0 radical (unpaired) electrons. The minimum atomic E-state index is -4.76. The van der Waals surface area contributed by atoms with Crippen LogP contribution in [0, 0.1) is 0 Å². The lowest BCUT2D eigenvalue weighted by Crippen LogP contribution is -2.43. The van der Waals surface area contributed by atoms with E-state index in [0.29, 0.717) is 49.9 Å². The number of amides is 1. The number of aromatic nitrogens is 4. The summed E-state index contributed by atoms with van der Waals surface area (Å²) in [5.74, 6) is -1.74. The molecule has 4 heterocycles. The Morgan fingerprint density at radius 3 is 1.76 bits per heavy atom. The molecule has 0 unspecified atom stereocenters. The van der Waals surface area contributed by atoms with E-state index in [1.807, 2.05) is 0 Å². The van der Waals surface area contributed by atoms with Gasteiger partial charge in [0.1, 0.15) is 17.2 Å². The molecule has 0 spiro atoms. The SMILES string of the molecule is Cn1cnc(C(=O)N(Cc2cccc(OC(F)(F)F)c2)C2CCOCC2)c1.Cn1cnc(C(=O)O)c1.FC(F)(F)Oc1cccc(CNC2CCOCC2)c1. The summed E-state index contributed by atoms with van der Waals surface area (Å²) in [7, 11) is 3.49. The molecule has 2 aromatic carbocycles. The molecule has 300 valence electrons. The lowest BCUT2D eigenvalue weighted by molar-refractivity contribution is -0.275. The fraction of sp³-hybridized carbons (Fsp3) is 0.444. The normalized spacial score (nSPS) is 15.2. The third-order valence-corrected chi connectivity index (χ3v) is 8.17. The first kappa shape index (κ1) is 42.6. The maximum atomic E-state index is 13.0. The van der Waals surface area contributed by atoms with E-state index in [-0.39, 0.29) is 35.7 Å². The summed E-state index contributed by atoms with van der Waals surface area (Å²) >= 11 is 0. The van der Waals surface area contributed by atoms with Crippen molar-refractivity contribution in [2.75, 3.05) is 26.4 Å². The molecule has 0 atom stereocenters. The highest BCUT2D eigenvalue weighted by Crippen LogP contribution is 2.26. The number of hydrogen-bond donors (Lipinski definition) is 2. The van der Waals surface area contributed by atoms with Gasteiger partial charge < -0.3 is 43.4 Å². The lowest BCUT2D eigenvalue weighted by Gasteiger charge is -2.34. The number of carbonyl (C=O) groups excluding carboxylic acids is 1. The first-order chi connectivity index (χ1) is 26.0. The maximum Gasteiger partial charge on any atom is 0.573 e. The van der Waals surface area contributed by atoms with E-state index in [0.717, 1.165) is 31.6 Å². The van der Waals surface area contributed by atoms with Gasteiger partial charge >= 0.3 is 18.7 Å². The van der Waals surface area contributed by atoms with Crippen molar-refractivity contribution in [1.29, 1.82) is 0 Å². The van der Waals surface area contributed by atoms with Crippen LogP contribution in [0.4, 0.5) is 26.3 Å². The van der Waals surface area contributed by atoms with Gasteiger partial charge in [-0.05, 0) is 61.1 Å². The topological polar surface area (TPSA) is 142 Å². The number of rotatable bonds is 10. The van der Waals surface area contributed by atoms with Crippen LogP contribution in [0.1, 0.15) is 57.8 Å². The number of benzene rings is 2. The average Bonchev–Trinajstić information content (AvgIpc) is 3.78. The second-order valence-electron chi connectivity index (χ2n) is 12.6. The van der Waals surface area contributed by atoms with Crippen molar-refractivity contribution in [2.24, 2.45) is 14.1 Å². The lowest BCUT2D eigenvalue weighted by atomic mass is 10.0. The smallest absolute Gasteiger partial charge is 0.476 e. The Balaban J connectivity index is 0.000000207. The van der Waals surface area contributed by atoms with Gasteiger partial charge in [-0.2, -0.15) is 0 Å². The maximum absolute atomic E-state index is 13.0. The molecule has 0 saturated carbocycles. The van der Waals surface area contributed by atoms with Crippen LogP contribution in [-0.2, 0) is 36.7 Å². The van der Waals surface area contributed by atoms with Crippen LogP contribution in [0.3, 0.4) is 0 Å². The molecule has 2 fully saturated rings. The molecule has 0 bridgehead atoms. The molecule has 2 aliphatic heterocycles. The second kappa shape index (κ2) is 20.0. The summed E-state index contributed by atoms with van der Waals surface area (Å²) in [6, 6.07) is 12.0. The van der Waals surface area contributed by atoms with Crippen LogP contribution >= 0.6 is 0 Å². The molecule has 1 amide bonds. The number of ether oxygens (including phenoxy) is 4. The molecule has 2 saturated heterocycles. The van der Waals surface area contributed by atoms with Crippen LogP contribution < -0.4 is 14.8 Å². The number of aromatic carboxylic acids is 1. The predicted octanol–water partition coefficient (Wildman–Crippen LogP) is 6.11. The first-order valence-electron chi connectivity index (χ1n) is 17.1. The van der Waals surface area contributed by atoms with Crippen LogP contribution in [0.2, 0.25) is 0 Å². The molecule has 6 rings (SSSR count). The number of alkyl halides is 6. The van der Waals surface area contributed by atoms with E-state index in [1.54, 1.807) is 52.5 Å². The Morgan fingerprint density at radius 1 is 0.800 bits per heavy atom. The van der Waals surface area contributed by atoms with Gasteiger partial charge in [0.15, 0.2) is 5.69 Å². The number of carbonyl (C=O) groups is 2. The Hall–Kier alpha value is -5.14. The van der Waals surface area contributed by atoms with Gasteiger partial charge in [0, 0.05) is 78.1 Å². The molecule has 13 nitrogen and oxygen atoms in total. The van der Waals surface area contributed by atoms with Gasteiger partial charge in [0.2, 0.25) is 0 Å². The summed E-state index contributed by atoms with van der Waals surface area (Å²) in [4.78, 5) is 32.4. The Morgan fingerprint density at radius 2 is 1.29 bits per heavy atom. The highest BCUT2D eigenvalue weighted by atomic mass is 19.4. The zero-order valence-electron chi connectivity index (χ0n) is 30.1. The summed E-state index contributed by atoms with van der Waals surface area (Å²) in [5.41, 5.74) is 1.70. The van der Waals surface area contributed by atoms with Crippen molar-refractivity contribution in [3.05, 3.63) is 96.1 Å². The summed E-state index contributed by atoms with van der Waals surface area (Å²) < 4.78 is 95.4. The van der Waals surface area contributed by atoms with Gasteiger partial charge in [-0.15, -0.1) is 26.3 Å². The van der Waals surface area contributed by atoms with Crippen LogP contribution in [-0.4, -0.2) is 92.2 Å². The van der Waals surface area contributed by atoms with Gasteiger partial charge in [-0.3, -0.25) is 4.79 Å². The van der Waals surface area contributed by atoms with Gasteiger partial charge in [0.25, 0.3) is 5.91 Å². The first-order valence-corrected chi connectivity index (χ1v) is 17.1. The largest absolute Gasteiger partial charge is 0.573 e. The van der Waals surface area contributed by atoms with Crippen molar-refractivity contribution in [3.63, 3.8) is 0 Å². The molecule has 19 heteroatoms. The molecular formula is C36H42F6N6O7. The second-order valence-corrected chi connectivity index (χ2v) is 12.6.